The van der Waals surface area contributed by atoms with Crippen molar-refractivity contribution in [2.24, 2.45) is 0 Å². The molecule has 6 nitrogen and oxygen atoms in total. The number of nitrogens with one attached hydrogen (secondary N) is 1. The number of sulfonamides is 1. The van der Waals surface area contributed by atoms with Crippen LogP contribution in [0.4, 0.5) is 4.79 Å². The number of ether oxygens (including phenoxy) is 2. The van der Waals surface area contributed by atoms with Crippen LogP contribution in [-0.2, 0) is 19.5 Å². The molecule has 0 aromatic heterocycles. The van der Waals surface area contributed by atoms with Crippen LogP contribution in [0.1, 0.15) is 33.6 Å². The number of hydrogen-bond acceptors (Lipinski definition) is 5. The molecule has 0 heterocycles. The van der Waals surface area contributed by atoms with Gasteiger partial charge in [-0.3, -0.25) is 0 Å². The van der Waals surface area contributed by atoms with Gasteiger partial charge in [0.05, 0.1) is 0 Å². The predicted molar refractivity (Wildman–Crippen MR) is 57.3 cm³/mol. The van der Waals surface area contributed by atoms with Gasteiger partial charge in [0.1, 0.15) is 5.60 Å². The van der Waals surface area contributed by atoms with E-state index in [2.05, 4.69) is 0 Å². The lowest BCUT2D eigenvalue weighted by Crippen LogP contribution is -2.43. The second-order valence-electron chi connectivity index (χ2n) is 4.72. The van der Waals surface area contributed by atoms with Gasteiger partial charge in [-0.15, -0.1) is 0 Å². The van der Waals surface area contributed by atoms with Gasteiger partial charge < -0.3 is 9.47 Å². The average molecular weight is 251 g/mol. The molecule has 1 saturated carbocycles. The Morgan fingerprint density at radius 2 is 1.81 bits per heavy atom. The van der Waals surface area contributed by atoms with E-state index < -0.39 is 26.7 Å². The molecule has 0 radical (unpaired) electrons. The van der Waals surface area contributed by atoms with E-state index in [1.165, 1.54) is 7.11 Å². The van der Waals surface area contributed by atoms with E-state index >= 15 is 0 Å². The molecule has 0 aliphatic heterocycles. The first kappa shape index (κ1) is 13.2. The summed E-state index contributed by atoms with van der Waals surface area (Å²) in [5.74, 6) is 0. The Morgan fingerprint density at radius 3 is 2.12 bits per heavy atom. The zero-order valence-electron chi connectivity index (χ0n) is 9.86. The van der Waals surface area contributed by atoms with E-state index in [9.17, 15) is 13.2 Å². The first-order chi connectivity index (χ1) is 7.12. The van der Waals surface area contributed by atoms with Crippen molar-refractivity contribution in [3.63, 3.8) is 0 Å². The van der Waals surface area contributed by atoms with Crippen LogP contribution < -0.4 is 4.72 Å². The minimum Gasteiger partial charge on any atom is -0.443 e. The molecule has 0 unspecified atom stereocenters. The number of carbonyl (C=O) groups excluding carboxylic acids is 1. The zero-order chi connectivity index (χ0) is 12.6. The summed E-state index contributed by atoms with van der Waals surface area (Å²) in [6, 6.07) is 0. The van der Waals surface area contributed by atoms with Gasteiger partial charge in [-0.25, -0.2) is 17.9 Å². The lowest BCUT2D eigenvalue weighted by Gasteiger charge is -2.21. The average Bonchev–Trinajstić information content (AvgIpc) is 2.78. The molecule has 1 fully saturated rings. The summed E-state index contributed by atoms with van der Waals surface area (Å²) >= 11 is 0. The van der Waals surface area contributed by atoms with Gasteiger partial charge in [-0.2, -0.15) is 0 Å². The number of rotatable bonds is 3. The minimum atomic E-state index is -3.82. The fraction of sp³-hybridized carbons (Fsp3) is 0.889. The van der Waals surface area contributed by atoms with Gasteiger partial charge >= 0.3 is 6.09 Å². The van der Waals surface area contributed by atoms with Gasteiger partial charge in [0.15, 0.2) is 4.93 Å². The fourth-order valence-electron chi connectivity index (χ4n) is 1.19. The molecule has 1 N–H and O–H groups in total. The predicted octanol–water partition coefficient (Wildman–Crippen LogP) is 0.977. The summed E-state index contributed by atoms with van der Waals surface area (Å²) in [4.78, 5) is 10.1. The SMILES string of the molecule is COC1(S(=O)(=O)NC(=O)OC(C)(C)C)CC1. The lowest BCUT2D eigenvalue weighted by molar-refractivity contribution is 0.0562. The Labute approximate surface area is 95.4 Å². The van der Waals surface area contributed by atoms with Gasteiger partial charge in [0.25, 0.3) is 10.0 Å². The van der Waals surface area contributed by atoms with Crippen LogP contribution in [-0.4, -0.2) is 32.2 Å². The van der Waals surface area contributed by atoms with Crippen molar-refractivity contribution in [1.82, 2.24) is 4.72 Å². The first-order valence-electron chi connectivity index (χ1n) is 4.92. The molecule has 1 aliphatic rings. The van der Waals surface area contributed by atoms with Crippen molar-refractivity contribution in [2.75, 3.05) is 7.11 Å². The number of methoxy groups -OCH3 is 1. The molecule has 16 heavy (non-hydrogen) atoms. The minimum absolute atomic E-state index is 0.391. The maximum atomic E-state index is 11.7. The zero-order valence-corrected chi connectivity index (χ0v) is 10.7. The number of amides is 1. The molecule has 0 spiro atoms. The maximum absolute atomic E-state index is 11.7. The molecule has 0 bridgehead atoms. The number of carbonyl (C=O) groups is 1. The van der Waals surface area contributed by atoms with E-state index in [0.717, 1.165) is 0 Å². The van der Waals surface area contributed by atoms with E-state index in [4.69, 9.17) is 9.47 Å². The normalized spacial score (nSPS) is 19.0. The highest BCUT2D eigenvalue weighted by molar-refractivity contribution is 7.91. The van der Waals surface area contributed by atoms with Crippen LogP contribution in [0.2, 0.25) is 0 Å². The Kier molecular flexibility index (Phi) is 3.22. The van der Waals surface area contributed by atoms with Crippen LogP contribution >= 0.6 is 0 Å². The molecule has 1 rings (SSSR count). The molecule has 0 aromatic carbocycles. The highest BCUT2D eigenvalue weighted by Crippen LogP contribution is 2.43. The molecular weight excluding hydrogens is 234 g/mol. The molecule has 94 valence electrons. The van der Waals surface area contributed by atoms with Crippen LogP contribution in [0.25, 0.3) is 0 Å². The van der Waals surface area contributed by atoms with Crippen molar-refractivity contribution in [3.05, 3.63) is 0 Å². The highest BCUT2D eigenvalue weighted by atomic mass is 32.2. The largest absolute Gasteiger partial charge is 0.443 e. The molecule has 0 aromatic rings. The fourth-order valence-corrected chi connectivity index (χ4v) is 2.49. The van der Waals surface area contributed by atoms with Crippen LogP contribution in [0.3, 0.4) is 0 Å². The van der Waals surface area contributed by atoms with E-state index in [-0.39, 0.29) is 0 Å². The monoisotopic (exact) mass is 251 g/mol. The summed E-state index contributed by atoms with van der Waals surface area (Å²) in [5, 5.41) is 0. The molecule has 0 saturated heterocycles. The topological polar surface area (TPSA) is 81.7 Å². The van der Waals surface area contributed by atoms with Crippen molar-refractivity contribution in [1.29, 1.82) is 0 Å². The summed E-state index contributed by atoms with van der Waals surface area (Å²) < 4.78 is 35.0. The van der Waals surface area contributed by atoms with E-state index in [1.807, 2.05) is 4.72 Å². The van der Waals surface area contributed by atoms with Crippen LogP contribution in [0, 0.1) is 0 Å². The van der Waals surface area contributed by atoms with Crippen molar-refractivity contribution in [2.45, 2.75) is 44.1 Å². The highest BCUT2D eigenvalue weighted by Gasteiger charge is 2.56. The molecule has 0 atom stereocenters. The molecular formula is C9H17NO5S. The van der Waals surface area contributed by atoms with Gasteiger partial charge in [0, 0.05) is 7.11 Å². The standard InChI is InChI=1S/C9H17NO5S/c1-8(2,3)15-7(11)10-16(12,13)9(14-4)5-6-9/h5-6H2,1-4H3,(H,10,11). The number of hydrogen-bond donors (Lipinski definition) is 1. The van der Waals surface area contributed by atoms with Crippen molar-refractivity contribution >= 4 is 16.1 Å². The second-order valence-corrected chi connectivity index (χ2v) is 6.68. The third kappa shape index (κ3) is 2.85. The van der Waals surface area contributed by atoms with Gasteiger partial charge in [-0.05, 0) is 33.6 Å². The van der Waals surface area contributed by atoms with Gasteiger partial charge in [-0.1, -0.05) is 0 Å². The lowest BCUT2D eigenvalue weighted by atomic mass is 10.2. The second kappa shape index (κ2) is 3.89. The van der Waals surface area contributed by atoms with Crippen molar-refractivity contribution < 1.29 is 22.7 Å². The van der Waals surface area contributed by atoms with E-state index in [1.54, 1.807) is 20.8 Å². The maximum Gasteiger partial charge on any atom is 0.421 e. The molecule has 1 amide bonds. The molecule has 1 aliphatic carbocycles. The van der Waals surface area contributed by atoms with E-state index in [0.29, 0.717) is 12.8 Å². The third-order valence-corrected chi connectivity index (χ3v) is 4.13. The Hall–Kier alpha value is -0.820. The molecule has 7 heteroatoms. The quantitative estimate of drug-likeness (QED) is 0.808. The summed E-state index contributed by atoms with van der Waals surface area (Å²) in [5.41, 5.74) is -0.733. The Bertz CT molecular complexity index is 377. The summed E-state index contributed by atoms with van der Waals surface area (Å²) in [7, 11) is -2.51. The Morgan fingerprint density at radius 1 is 1.31 bits per heavy atom. The Balaban J connectivity index is 2.65. The van der Waals surface area contributed by atoms with Gasteiger partial charge in [0.2, 0.25) is 0 Å². The van der Waals surface area contributed by atoms with Crippen molar-refractivity contribution in [3.8, 4) is 0 Å². The smallest absolute Gasteiger partial charge is 0.421 e. The summed E-state index contributed by atoms with van der Waals surface area (Å²) in [6.07, 6.45) is -0.195. The third-order valence-electron chi connectivity index (χ3n) is 2.14. The summed E-state index contributed by atoms with van der Waals surface area (Å²) in [6.45, 7) is 4.97. The van der Waals surface area contributed by atoms with Crippen LogP contribution in [0.5, 0.6) is 0 Å². The first-order valence-corrected chi connectivity index (χ1v) is 6.41. The van der Waals surface area contributed by atoms with Crippen LogP contribution in [0.15, 0.2) is 0 Å².